The predicted octanol–water partition coefficient (Wildman–Crippen LogP) is 2.65. The van der Waals surface area contributed by atoms with Gasteiger partial charge in [0.05, 0.1) is 23.1 Å². The molecule has 0 bridgehead atoms. The summed E-state index contributed by atoms with van der Waals surface area (Å²) in [7, 11) is 0. The Morgan fingerprint density at radius 2 is 2.21 bits per heavy atom. The summed E-state index contributed by atoms with van der Waals surface area (Å²) >= 11 is 0. The van der Waals surface area contributed by atoms with Crippen LogP contribution in [0, 0.1) is 18.3 Å². The first-order valence-electron chi connectivity index (χ1n) is 6.52. The second-order valence-electron chi connectivity index (χ2n) is 5.67. The van der Waals surface area contributed by atoms with Crippen molar-refractivity contribution in [1.82, 2.24) is 15.3 Å². The molecule has 0 fully saturated rings. The highest BCUT2D eigenvalue weighted by Gasteiger charge is 2.21. The molecule has 1 aromatic heterocycles. The van der Waals surface area contributed by atoms with Crippen molar-refractivity contribution < 1.29 is 0 Å². The third-order valence-corrected chi connectivity index (χ3v) is 3.43. The van der Waals surface area contributed by atoms with E-state index in [2.05, 4.69) is 47.3 Å². The molecule has 0 spiro atoms. The number of rotatable bonds is 4. The largest absolute Gasteiger partial charge is 0.342 e. The van der Waals surface area contributed by atoms with Crippen LogP contribution in [-0.2, 0) is 5.41 Å². The first kappa shape index (κ1) is 13.6. The number of aromatic amines is 1. The Morgan fingerprint density at radius 1 is 1.47 bits per heavy atom. The molecule has 0 saturated carbocycles. The normalized spacial score (nSPS) is 13.4. The predicted molar refractivity (Wildman–Crippen MR) is 76.9 cm³/mol. The van der Waals surface area contributed by atoms with Gasteiger partial charge < -0.3 is 10.3 Å². The highest BCUT2D eigenvalue weighted by Crippen LogP contribution is 2.25. The molecule has 0 amide bonds. The second-order valence-corrected chi connectivity index (χ2v) is 5.67. The van der Waals surface area contributed by atoms with E-state index in [0.717, 1.165) is 23.4 Å². The Hall–Kier alpha value is -1.86. The van der Waals surface area contributed by atoms with E-state index in [1.165, 1.54) is 5.56 Å². The van der Waals surface area contributed by atoms with Gasteiger partial charge in [-0.25, -0.2) is 4.98 Å². The van der Waals surface area contributed by atoms with E-state index in [1.54, 1.807) is 0 Å². The fraction of sp³-hybridized carbons (Fsp3) is 0.467. The summed E-state index contributed by atoms with van der Waals surface area (Å²) in [6.07, 6.45) is 0. The molecule has 1 aromatic carbocycles. The van der Waals surface area contributed by atoms with Crippen LogP contribution in [0.4, 0.5) is 0 Å². The molecule has 1 unspecified atom stereocenters. The number of nitrogens with one attached hydrogen (secondary N) is 2. The lowest BCUT2D eigenvalue weighted by Gasteiger charge is -2.26. The zero-order chi connectivity index (χ0) is 14.0. The summed E-state index contributed by atoms with van der Waals surface area (Å²) in [5.74, 6) is 0.932. The van der Waals surface area contributed by atoms with Crippen molar-refractivity contribution >= 4 is 11.0 Å². The molecule has 1 heterocycles. The number of hydrogen-bond donors (Lipinski definition) is 2. The van der Waals surface area contributed by atoms with Crippen molar-refractivity contribution in [2.45, 2.75) is 39.2 Å². The first-order chi connectivity index (χ1) is 8.92. The fourth-order valence-corrected chi connectivity index (χ4v) is 2.11. The van der Waals surface area contributed by atoms with E-state index in [0.29, 0.717) is 0 Å². The van der Waals surface area contributed by atoms with Crippen molar-refractivity contribution in [3.8, 4) is 6.07 Å². The maximum absolute atomic E-state index is 8.82. The van der Waals surface area contributed by atoms with E-state index < -0.39 is 0 Å². The number of aromatic nitrogens is 2. The Morgan fingerprint density at radius 3 is 2.89 bits per heavy atom. The van der Waals surface area contributed by atoms with E-state index >= 15 is 0 Å². The van der Waals surface area contributed by atoms with E-state index in [9.17, 15) is 0 Å². The summed E-state index contributed by atoms with van der Waals surface area (Å²) < 4.78 is 0. The Kier molecular flexibility index (Phi) is 3.59. The minimum atomic E-state index is -0.127. The minimum absolute atomic E-state index is 0.0294. The van der Waals surface area contributed by atoms with Crippen LogP contribution < -0.4 is 5.32 Å². The summed E-state index contributed by atoms with van der Waals surface area (Å²) in [6, 6.07) is 8.37. The van der Waals surface area contributed by atoms with Crippen molar-refractivity contribution in [2.75, 3.05) is 6.54 Å². The van der Waals surface area contributed by atoms with Crippen LogP contribution in [0.3, 0.4) is 0 Å². The van der Waals surface area contributed by atoms with Crippen molar-refractivity contribution in [3.63, 3.8) is 0 Å². The van der Waals surface area contributed by atoms with Gasteiger partial charge in [-0.3, -0.25) is 0 Å². The molecular weight excluding hydrogens is 236 g/mol. The molecule has 100 valence electrons. The van der Waals surface area contributed by atoms with Gasteiger partial charge in [0.1, 0.15) is 5.82 Å². The molecule has 0 aliphatic rings. The number of nitriles is 1. The average Bonchev–Trinajstić information content (AvgIpc) is 2.74. The molecule has 0 radical (unpaired) electrons. The van der Waals surface area contributed by atoms with Gasteiger partial charge >= 0.3 is 0 Å². The summed E-state index contributed by atoms with van der Waals surface area (Å²) in [4.78, 5) is 7.67. The lowest BCUT2D eigenvalue weighted by atomic mass is 9.84. The van der Waals surface area contributed by atoms with Gasteiger partial charge in [0.15, 0.2) is 0 Å². The lowest BCUT2D eigenvalue weighted by molar-refractivity contribution is 0.457. The zero-order valence-corrected chi connectivity index (χ0v) is 11.9. The zero-order valence-electron chi connectivity index (χ0n) is 11.9. The van der Waals surface area contributed by atoms with Gasteiger partial charge in [0, 0.05) is 12.0 Å². The van der Waals surface area contributed by atoms with Crippen LogP contribution >= 0.6 is 0 Å². The highest BCUT2D eigenvalue weighted by molar-refractivity contribution is 5.76. The van der Waals surface area contributed by atoms with E-state index in [1.807, 2.05) is 19.9 Å². The molecule has 1 atom stereocenters. The smallest absolute Gasteiger partial charge is 0.104 e. The third kappa shape index (κ3) is 2.94. The second kappa shape index (κ2) is 5.02. The van der Waals surface area contributed by atoms with Gasteiger partial charge in [-0.15, -0.1) is 0 Å². The van der Waals surface area contributed by atoms with Gasteiger partial charge in [0.2, 0.25) is 0 Å². The number of H-pyrrole nitrogens is 1. The van der Waals surface area contributed by atoms with Crippen LogP contribution in [0.5, 0.6) is 0 Å². The number of nitrogens with zero attached hydrogens (tertiary/aromatic N) is 2. The molecule has 0 saturated heterocycles. The van der Waals surface area contributed by atoms with Crippen molar-refractivity contribution in [1.29, 1.82) is 5.26 Å². The summed E-state index contributed by atoms with van der Waals surface area (Å²) in [5, 5.41) is 12.1. The number of fused-ring (bicyclic) bond motifs is 1. The maximum Gasteiger partial charge on any atom is 0.104 e. The van der Waals surface area contributed by atoms with E-state index in [4.69, 9.17) is 5.26 Å². The molecule has 0 aliphatic carbocycles. The van der Waals surface area contributed by atoms with Crippen LogP contribution in [0.25, 0.3) is 11.0 Å². The molecule has 2 aromatic rings. The number of hydrogen-bond acceptors (Lipinski definition) is 3. The van der Waals surface area contributed by atoms with Gasteiger partial charge in [-0.1, -0.05) is 19.9 Å². The molecule has 0 aliphatic heterocycles. The van der Waals surface area contributed by atoms with Crippen LogP contribution in [0.15, 0.2) is 18.2 Å². The molecule has 19 heavy (non-hydrogen) atoms. The Balaban J connectivity index is 2.24. The Bertz CT molecular complexity index is 619. The number of aryl methyl sites for hydroxylation is 1. The minimum Gasteiger partial charge on any atom is -0.342 e. The monoisotopic (exact) mass is 256 g/mol. The lowest BCUT2D eigenvalue weighted by Crippen LogP contribution is -2.37. The fourth-order valence-electron chi connectivity index (χ4n) is 2.11. The number of benzene rings is 1. The molecule has 2 N–H and O–H groups in total. The van der Waals surface area contributed by atoms with Crippen molar-refractivity contribution in [3.05, 3.63) is 29.6 Å². The van der Waals surface area contributed by atoms with Gasteiger partial charge in [0.25, 0.3) is 0 Å². The third-order valence-electron chi connectivity index (χ3n) is 3.43. The standard InChI is InChI=1S/C15H20N4/c1-10(8-16)17-9-15(3,4)12-5-6-13-14(7-12)19-11(2)18-13/h5-7,10,17H,9H2,1-4H3,(H,18,19). The summed E-state index contributed by atoms with van der Waals surface area (Å²) in [6.45, 7) is 8.95. The van der Waals surface area contributed by atoms with Gasteiger partial charge in [-0.05, 0) is 31.5 Å². The maximum atomic E-state index is 8.82. The SMILES string of the molecule is Cc1nc2ccc(C(C)(C)CNC(C)C#N)cc2[nH]1. The van der Waals surface area contributed by atoms with Crippen LogP contribution in [0.1, 0.15) is 32.2 Å². The molecule has 2 rings (SSSR count). The number of imidazole rings is 1. The summed E-state index contributed by atoms with van der Waals surface area (Å²) in [5.41, 5.74) is 3.27. The first-order valence-corrected chi connectivity index (χ1v) is 6.52. The molecule has 4 heteroatoms. The van der Waals surface area contributed by atoms with Crippen LogP contribution in [-0.4, -0.2) is 22.6 Å². The average molecular weight is 256 g/mol. The van der Waals surface area contributed by atoms with Gasteiger partial charge in [-0.2, -0.15) is 5.26 Å². The highest BCUT2D eigenvalue weighted by atomic mass is 14.9. The molecular formula is C15H20N4. The molecule has 4 nitrogen and oxygen atoms in total. The Labute approximate surface area is 113 Å². The topological polar surface area (TPSA) is 64.5 Å². The van der Waals surface area contributed by atoms with E-state index in [-0.39, 0.29) is 11.5 Å². The van der Waals surface area contributed by atoms with Crippen molar-refractivity contribution in [2.24, 2.45) is 0 Å². The van der Waals surface area contributed by atoms with Crippen LogP contribution in [0.2, 0.25) is 0 Å². The quantitative estimate of drug-likeness (QED) is 0.884.